The molecule has 8 heteroatoms. The topological polar surface area (TPSA) is 94.0 Å². The van der Waals surface area contributed by atoms with E-state index in [1.807, 2.05) is 30.3 Å². The van der Waals surface area contributed by atoms with Gasteiger partial charge in [0, 0.05) is 34.3 Å². The van der Waals surface area contributed by atoms with Crippen molar-refractivity contribution >= 4 is 28.9 Å². The molecule has 25 heavy (non-hydrogen) atoms. The molecule has 130 valence electrons. The Morgan fingerprint density at radius 2 is 2.04 bits per heavy atom. The van der Waals surface area contributed by atoms with Gasteiger partial charge < -0.3 is 11.1 Å². The molecule has 7 nitrogen and oxygen atoms in total. The number of benzene rings is 1. The molecule has 0 aliphatic carbocycles. The van der Waals surface area contributed by atoms with Gasteiger partial charge in [0.05, 0.1) is 11.3 Å². The summed E-state index contributed by atoms with van der Waals surface area (Å²) in [5, 5.41) is 8.21. The summed E-state index contributed by atoms with van der Waals surface area (Å²) < 4.78 is 1.63. The van der Waals surface area contributed by atoms with Crippen LogP contribution in [0.25, 0.3) is 16.9 Å². The second-order valence-corrected chi connectivity index (χ2v) is 5.79. The first-order valence-electron chi connectivity index (χ1n) is 7.61. The van der Waals surface area contributed by atoms with Crippen LogP contribution in [0.5, 0.6) is 0 Å². The van der Waals surface area contributed by atoms with E-state index in [0.717, 1.165) is 5.56 Å². The fourth-order valence-corrected chi connectivity index (χ4v) is 2.77. The van der Waals surface area contributed by atoms with Crippen LogP contribution in [-0.4, -0.2) is 24.6 Å². The van der Waals surface area contributed by atoms with Gasteiger partial charge in [-0.2, -0.15) is 0 Å². The highest BCUT2D eigenvalue weighted by atomic mass is 35.5. The molecule has 1 aromatic carbocycles. The summed E-state index contributed by atoms with van der Waals surface area (Å²) in [6, 6.07) is 11.3. The molecule has 0 aliphatic rings. The number of halogens is 1. The Kier molecular flexibility index (Phi) is 3.91. The number of anilines is 2. The number of rotatable bonds is 4. The molecule has 0 bridgehead atoms. The van der Waals surface area contributed by atoms with Crippen LogP contribution in [-0.2, 0) is 6.54 Å². The molecule has 0 spiro atoms. The van der Waals surface area contributed by atoms with Crippen LogP contribution in [0.1, 0.15) is 9.84 Å². The molecule has 4 aromatic rings. The quantitative estimate of drug-likeness (QED) is 0.577. The van der Waals surface area contributed by atoms with Crippen molar-refractivity contribution in [3.05, 3.63) is 65.7 Å². The molecular weight excluding hydrogens is 338 g/mol. The third-order valence-corrected chi connectivity index (χ3v) is 4.13. The van der Waals surface area contributed by atoms with Gasteiger partial charge in [-0.05, 0) is 17.7 Å². The van der Waals surface area contributed by atoms with Crippen molar-refractivity contribution in [2.45, 2.75) is 6.54 Å². The van der Waals surface area contributed by atoms with Crippen molar-refractivity contribution in [3.63, 3.8) is 0 Å². The molecule has 0 aliphatic heterocycles. The first-order valence-corrected chi connectivity index (χ1v) is 7.98. The van der Waals surface area contributed by atoms with E-state index in [2.05, 4.69) is 25.4 Å². The maximum absolute atomic E-state index is 6.18. The highest BCUT2D eigenvalue weighted by molar-refractivity contribution is 6.31. The molecule has 3 N–H and O–H groups in total. The standard InChI is InChI=1S/C17H14ClN7.3H2/c18-12-5-2-1-4-11(12)9-21-14-8-13(22-10-23-14)15-16(19)24-25-7-3-6-20-17(15)25;;;/h1-8,10H,9H2,(H2,19,24)(H,21,22,23);3*1H. The molecule has 0 fully saturated rings. The smallest absolute Gasteiger partial charge is 0.166 e. The first kappa shape index (κ1) is 15.3. The van der Waals surface area contributed by atoms with Gasteiger partial charge in [-0.3, -0.25) is 0 Å². The predicted octanol–water partition coefficient (Wildman–Crippen LogP) is 3.77. The van der Waals surface area contributed by atoms with Crippen molar-refractivity contribution < 1.29 is 4.28 Å². The molecule has 0 saturated carbocycles. The van der Waals surface area contributed by atoms with Gasteiger partial charge in [0.15, 0.2) is 11.5 Å². The lowest BCUT2D eigenvalue weighted by Crippen LogP contribution is -2.03. The van der Waals surface area contributed by atoms with E-state index in [-0.39, 0.29) is 4.28 Å². The summed E-state index contributed by atoms with van der Waals surface area (Å²) >= 11 is 6.18. The minimum Gasteiger partial charge on any atom is -0.382 e. The first-order chi connectivity index (χ1) is 12.2. The Morgan fingerprint density at radius 3 is 2.92 bits per heavy atom. The molecular formula is C17H20ClN7. The highest BCUT2D eigenvalue weighted by Crippen LogP contribution is 2.28. The number of hydrogen-bond donors (Lipinski definition) is 2. The van der Waals surface area contributed by atoms with Crippen LogP contribution >= 0.6 is 11.6 Å². The normalized spacial score (nSPS) is 10.9. The van der Waals surface area contributed by atoms with Gasteiger partial charge >= 0.3 is 0 Å². The summed E-state index contributed by atoms with van der Waals surface area (Å²) in [6.45, 7) is 0.554. The lowest BCUT2D eigenvalue weighted by atomic mass is 10.2. The number of nitrogens with one attached hydrogen (secondary N) is 1. The Bertz CT molecular complexity index is 1060. The van der Waals surface area contributed by atoms with Crippen LogP contribution in [0.4, 0.5) is 11.6 Å². The van der Waals surface area contributed by atoms with Crippen LogP contribution in [0, 0.1) is 0 Å². The Morgan fingerprint density at radius 1 is 1.16 bits per heavy atom. The molecule has 4 rings (SSSR count). The fraction of sp³-hybridized carbons (Fsp3) is 0.0588. The average molecular weight is 358 g/mol. The van der Waals surface area contributed by atoms with Gasteiger partial charge in [0.25, 0.3) is 0 Å². The van der Waals surface area contributed by atoms with Crippen molar-refractivity contribution in [2.75, 3.05) is 11.1 Å². The molecule has 0 saturated heterocycles. The zero-order valence-electron chi connectivity index (χ0n) is 13.1. The summed E-state index contributed by atoms with van der Waals surface area (Å²) in [4.78, 5) is 12.9. The minimum atomic E-state index is 0. The lowest BCUT2D eigenvalue weighted by molar-refractivity contribution is 0.945. The number of hydrogen-bond acceptors (Lipinski definition) is 6. The van der Waals surface area contributed by atoms with Gasteiger partial charge in [0.2, 0.25) is 0 Å². The zero-order valence-corrected chi connectivity index (χ0v) is 13.9. The van der Waals surface area contributed by atoms with Gasteiger partial charge in [-0.25, -0.2) is 19.5 Å². The van der Waals surface area contributed by atoms with Gasteiger partial charge in [0.1, 0.15) is 12.1 Å². The molecule has 0 radical (unpaired) electrons. The van der Waals surface area contributed by atoms with E-state index in [1.54, 1.807) is 23.0 Å². The minimum absolute atomic E-state index is 0. The van der Waals surface area contributed by atoms with E-state index >= 15 is 0 Å². The van der Waals surface area contributed by atoms with Crippen LogP contribution in [0.3, 0.4) is 0 Å². The maximum Gasteiger partial charge on any atom is 0.166 e. The van der Waals surface area contributed by atoms with E-state index in [9.17, 15) is 0 Å². The molecule has 3 heterocycles. The third kappa shape index (κ3) is 2.97. The number of fused-ring (bicyclic) bond motifs is 1. The lowest BCUT2D eigenvalue weighted by Gasteiger charge is -2.08. The Labute approximate surface area is 153 Å². The molecule has 0 unspecified atom stereocenters. The van der Waals surface area contributed by atoms with Crippen LogP contribution < -0.4 is 11.1 Å². The van der Waals surface area contributed by atoms with Gasteiger partial charge in [-0.15, -0.1) is 5.10 Å². The average Bonchev–Trinajstić information content (AvgIpc) is 2.97. The van der Waals surface area contributed by atoms with E-state index in [0.29, 0.717) is 40.1 Å². The van der Waals surface area contributed by atoms with Crippen LogP contribution in [0.15, 0.2) is 55.1 Å². The largest absolute Gasteiger partial charge is 0.382 e. The van der Waals surface area contributed by atoms with Crippen LogP contribution in [0.2, 0.25) is 5.02 Å². The van der Waals surface area contributed by atoms with E-state index in [1.165, 1.54) is 6.33 Å². The van der Waals surface area contributed by atoms with Gasteiger partial charge in [-0.1, -0.05) is 29.8 Å². The van der Waals surface area contributed by atoms with Crippen molar-refractivity contribution in [1.29, 1.82) is 0 Å². The molecule has 0 atom stereocenters. The van der Waals surface area contributed by atoms with E-state index in [4.69, 9.17) is 17.3 Å². The maximum atomic E-state index is 6.18. The fourth-order valence-electron chi connectivity index (χ4n) is 2.57. The number of aromatic nitrogens is 5. The highest BCUT2D eigenvalue weighted by Gasteiger charge is 2.15. The van der Waals surface area contributed by atoms with Crippen molar-refractivity contribution in [2.24, 2.45) is 0 Å². The zero-order chi connectivity index (χ0) is 17.2. The number of nitrogens with zero attached hydrogens (tertiary/aromatic N) is 5. The number of nitrogens with two attached hydrogens (primary N) is 1. The predicted molar refractivity (Wildman–Crippen MR) is 104 cm³/mol. The number of nitrogen functional groups attached to an aromatic ring is 1. The second-order valence-electron chi connectivity index (χ2n) is 5.38. The van der Waals surface area contributed by atoms with Crippen molar-refractivity contribution in [1.82, 2.24) is 24.6 Å². The second kappa shape index (κ2) is 6.37. The summed E-state index contributed by atoms with van der Waals surface area (Å²) in [7, 11) is 0. The monoisotopic (exact) mass is 357 g/mol. The Balaban J connectivity index is 0.00000131. The summed E-state index contributed by atoms with van der Waals surface area (Å²) in [6.07, 6.45) is 4.97. The third-order valence-electron chi connectivity index (χ3n) is 3.76. The molecule has 0 amide bonds. The summed E-state index contributed by atoms with van der Waals surface area (Å²) in [5.41, 5.74) is 9.03. The van der Waals surface area contributed by atoms with E-state index < -0.39 is 0 Å². The molecule has 3 aromatic heterocycles. The SMILES string of the molecule is Nc1nn2cccnc2c1-c1cc(NCc2ccccc2Cl)ncn1.[HH].[HH].[HH]. The summed E-state index contributed by atoms with van der Waals surface area (Å²) in [5.74, 6) is 1.04. The van der Waals surface area contributed by atoms with Crippen molar-refractivity contribution in [3.8, 4) is 11.3 Å². The Hall–Kier alpha value is -3.19.